The van der Waals surface area contributed by atoms with Crippen molar-refractivity contribution in [2.24, 2.45) is 0 Å². The molecule has 0 aliphatic carbocycles. The van der Waals surface area contributed by atoms with Crippen molar-refractivity contribution in [2.45, 2.75) is 0 Å². The Bertz CT molecular complexity index is 1240. The number of hydrogen-bond acceptors (Lipinski definition) is 5. The van der Waals surface area contributed by atoms with Gasteiger partial charge in [-0.3, -0.25) is 0 Å². The van der Waals surface area contributed by atoms with Crippen LogP contribution in [0.3, 0.4) is 0 Å². The summed E-state index contributed by atoms with van der Waals surface area (Å²) in [6.45, 7) is 0. The number of nitrogens with zero attached hydrogens (tertiary/aromatic N) is 5. The first-order valence-corrected chi connectivity index (χ1v) is 10.2. The third-order valence-electron chi connectivity index (χ3n) is 4.35. The van der Waals surface area contributed by atoms with Gasteiger partial charge in [0.25, 0.3) is 0 Å². The molecular weight excluding hydrogens is 561 g/mol. The van der Waals surface area contributed by atoms with Crippen molar-refractivity contribution in [3.63, 3.8) is 0 Å². The molecule has 30 heavy (non-hydrogen) atoms. The second kappa shape index (κ2) is 8.03. The molecule has 0 aromatic carbocycles. The second-order valence-corrected chi connectivity index (χ2v) is 7.59. The van der Waals surface area contributed by atoms with Gasteiger partial charge in [-0.05, 0) is 72.8 Å². The molecule has 0 radical (unpaired) electrons. The summed E-state index contributed by atoms with van der Waals surface area (Å²) in [4.78, 5) is 16.0. The van der Waals surface area contributed by atoms with Crippen LogP contribution in [-0.2, 0) is 21.1 Å². The van der Waals surface area contributed by atoms with E-state index in [1.54, 1.807) is 0 Å². The summed E-state index contributed by atoms with van der Waals surface area (Å²) in [5, 5.41) is 12.6. The van der Waals surface area contributed by atoms with Gasteiger partial charge in [0.1, 0.15) is 0 Å². The van der Waals surface area contributed by atoms with Crippen LogP contribution in [0.1, 0.15) is 22.8 Å². The molecule has 6 heterocycles. The van der Waals surface area contributed by atoms with Crippen LogP contribution in [0.15, 0.2) is 48.5 Å². The zero-order valence-corrected chi connectivity index (χ0v) is 17.6. The fraction of sp³-hybridized carbons (Fsp3) is 0. The Kier molecular flexibility index (Phi) is 4.94. The topological polar surface area (TPSA) is 112 Å². The molecule has 9 heteroatoms. The van der Waals surface area contributed by atoms with Crippen molar-refractivity contribution in [1.82, 2.24) is 40.6 Å². The summed E-state index contributed by atoms with van der Waals surface area (Å²) in [6, 6.07) is 16.4. The Labute approximate surface area is 183 Å². The van der Waals surface area contributed by atoms with Crippen LogP contribution < -0.4 is 4.04 Å². The van der Waals surface area contributed by atoms with E-state index in [1.807, 2.05) is 48.6 Å². The van der Waals surface area contributed by atoms with Crippen molar-refractivity contribution in [1.29, 1.82) is 0 Å². The molecule has 4 aromatic heterocycles. The van der Waals surface area contributed by atoms with Crippen LogP contribution in [0.4, 0.5) is 0 Å². The molecule has 2 aliphatic heterocycles. The molecule has 0 fully saturated rings. The Balaban J connectivity index is 0.000000279. The van der Waals surface area contributed by atoms with E-state index >= 15 is 0 Å². The maximum absolute atomic E-state index is 4.63. The van der Waals surface area contributed by atoms with Gasteiger partial charge in [0.05, 0.1) is 22.8 Å². The van der Waals surface area contributed by atoms with Gasteiger partial charge in [-0.25, -0.2) is 9.97 Å². The van der Waals surface area contributed by atoms with E-state index in [0.29, 0.717) is 4.04 Å². The summed E-state index contributed by atoms with van der Waals surface area (Å²) >= 11 is 2.15. The van der Waals surface area contributed by atoms with Gasteiger partial charge in [0, 0.05) is 22.1 Å². The molecule has 8 bridgehead atoms. The molecule has 0 unspecified atom stereocenters. The third-order valence-corrected chi connectivity index (χ3v) is 4.80. The van der Waals surface area contributed by atoms with Crippen LogP contribution in [0.25, 0.3) is 46.4 Å². The van der Waals surface area contributed by atoms with Gasteiger partial charge < -0.3 is 9.97 Å². The molecule has 0 spiro atoms. The summed E-state index contributed by atoms with van der Waals surface area (Å²) < 4.78 is 0.690. The normalized spacial score (nSPS) is 11.9. The number of tetrazole rings is 1. The Hall–Kier alpha value is -3.59. The minimum atomic E-state index is 0.690. The van der Waals surface area contributed by atoms with Crippen molar-refractivity contribution in [3.8, 4) is 0 Å². The molecule has 3 N–H and O–H groups in total. The zero-order chi connectivity index (χ0) is 20.3. The molecule has 4 aromatic rings. The van der Waals surface area contributed by atoms with E-state index in [-0.39, 0.29) is 0 Å². The predicted molar refractivity (Wildman–Crippen MR) is 113 cm³/mol. The average Bonchev–Trinajstić information content (AvgIpc) is 3.52. The summed E-state index contributed by atoms with van der Waals surface area (Å²) in [6.07, 6.45) is 8.09. The minimum absolute atomic E-state index is 0.690. The molecule has 0 saturated carbocycles. The van der Waals surface area contributed by atoms with E-state index < -0.39 is 0 Å². The predicted octanol–water partition coefficient (Wildman–Crippen LogP) is 3.03. The number of H-pyrrole nitrogens is 3. The van der Waals surface area contributed by atoms with Crippen LogP contribution in [-0.4, -0.2) is 40.6 Å². The van der Waals surface area contributed by atoms with Crippen molar-refractivity contribution in [3.05, 3.63) is 71.3 Å². The van der Waals surface area contributed by atoms with Gasteiger partial charge in [0.15, 0.2) is 0 Å². The standard InChI is InChI=1S/C20H14N4.CHN4.Au/c1-2-14-10-16-5-6-18(23-16)12-20-8-7-19(24-20)11-17-4-3-15(22-17)9-13(1)21-14;1-2-4-5-3-1;/h1-12,21,24H;(H,2,3,4,5);. The van der Waals surface area contributed by atoms with Gasteiger partial charge in [0.2, 0.25) is 0 Å². The first-order valence-electron chi connectivity index (χ1n) is 9.09. The average molecular weight is 576 g/mol. The van der Waals surface area contributed by atoms with Crippen molar-refractivity contribution >= 4 is 50.4 Å². The summed E-state index contributed by atoms with van der Waals surface area (Å²) in [5.74, 6) is 0. The third kappa shape index (κ3) is 4.36. The molecule has 0 atom stereocenters. The number of aromatic nitrogens is 8. The molecule has 6 rings (SSSR count). The van der Waals surface area contributed by atoms with Crippen LogP contribution >= 0.6 is 0 Å². The molecular formula is C21H15AuN8. The number of fused-ring (bicyclic) bond motifs is 8. The monoisotopic (exact) mass is 576 g/mol. The Morgan fingerprint density at radius 1 is 0.600 bits per heavy atom. The first kappa shape index (κ1) is 18.4. The summed E-state index contributed by atoms with van der Waals surface area (Å²) in [7, 11) is 0. The van der Waals surface area contributed by atoms with Gasteiger partial charge in [-0.2, -0.15) is 0 Å². The first-order chi connectivity index (χ1) is 14.7. The molecule has 2 aliphatic rings. The fourth-order valence-electron chi connectivity index (χ4n) is 3.08. The van der Waals surface area contributed by atoms with E-state index in [1.165, 1.54) is 0 Å². The van der Waals surface area contributed by atoms with E-state index in [2.05, 4.69) is 85.9 Å². The molecule has 8 nitrogen and oxygen atoms in total. The van der Waals surface area contributed by atoms with Gasteiger partial charge >= 0.3 is 45.7 Å². The Morgan fingerprint density at radius 2 is 1.00 bits per heavy atom. The van der Waals surface area contributed by atoms with E-state index in [9.17, 15) is 0 Å². The molecule has 150 valence electrons. The number of hydrogen-bond donors (Lipinski definition) is 3. The van der Waals surface area contributed by atoms with Crippen molar-refractivity contribution < 1.29 is 21.1 Å². The van der Waals surface area contributed by atoms with Crippen LogP contribution in [0, 0.1) is 0 Å². The van der Waals surface area contributed by atoms with Gasteiger partial charge in [-0.1, -0.05) is 0 Å². The van der Waals surface area contributed by atoms with E-state index in [4.69, 9.17) is 0 Å². The number of nitrogens with one attached hydrogen (secondary N) is 3. The van der Waals surface area contributed by atoms with Crippen molar-refractivity contribution in [2.75, 3.05) is 0 Å². The zero-order valence-electron chi connectivity index (χ0n) is 15.5. The second-order valence-electron chi connectivity index (χ2n) is 6.56. The number of rotatable bonds is 0. The van der Waals surface area contributed by atoms with Crippen LogP contribution in [0.5, 0.6) is 0 Å². The molecule has 0 amide bonds. The molecule has 0 saturated heterocycles. The maximum atomic E-state index is 4.63. The van der Waals surface area contributed by atoms with Crippen LogP contribution in [0.2, 0.25) is 0 Å². The quantitative estimate of drug-likeness (QED) is 0.241. The Morgan fingerprint density at radius 3 is 1.27 bits per heavy atom. The SMILES string of the molecule is C1=Cc2cc3ccc(cc4nc(cc5ccc(cc1n2)[nH]5)C=C4)[nH]3.[Au][c]1nnn[nH]1. The number of aromatic amines is 3. The van der Waals surface area contributed by atoms with Gasteiger partial charge in [-0.15, -0.1) is 0 Å². The summed E-state index contributed by atoms with van der Waals surface area (Å²) in [5.41, 5.74) is 7.86. The fourth-order valence-corrected chi connectivity index (χ4v) is 3.29. The van der Waals surface area contributed by atoms with E-state index in [0.717, 1.165) is 44.8 Å².